The zero-order chi connectivity index (χ0) is 14.0. The van der Waals surface area contributed by atoms with Crippen molar-refractivity contribution in [2.45, 2.75) is 38.6 Å². The Hall–Kier alpha value is -1.55. The predicted octanol–water partition coefficient (Wildman–Crippen LogP) is 2.68. The summed E-state index contributed by atoms with van der Waals surface area (Å²) in [6, 6.07) is 5.31. The Morgan fingerprint density at radius 2 is 2.11 bits per heavy atom. The van der Waals surface area contributed by atoms with E-state index in [1.165, 1.54) is 0 Å². The van der Waals surface area contributed by atoms with E-state index in [1.807, 2.05) is 18.2 Å². The second-order valence-corrected chi connectivity index (χ2v) is 5.45. The molecule has 0 saturated carbocycles. The van der Waals surface area contributed by atoms with Crippen molar-refractivity contribution in [3.8, 4) is 0 Å². The van der Waals surface area contributed by atoms with E-state index in [0.29, 0.717) is 23.8 Å². The summed E-state index contributed by atoms with van der Waals surface area (Å²) in [6.45, 7) is 4.16. The van der Waals surface area contributed by atoms with Gasteiger partial charge in [-0.1, -0.05) is 31.5 Å². The van der Waals surface area contributed by atoms with Gasteiger partial charge in [-0.05, 0) is 30.0 Å². The third-order valence-corrected chi connectivity index (χ3v) is 3.53. The van der Waals surface area contributed by atoms with Crippen LogP contribution in [-0.4, -0.2) is 17.9 Å². The summed E-state index contributed by atoms with van der Waals surface area (Å²) >= 11 is 6.21. The van der Waals surface area contributed by atoms with Crippen molar-refractivity contribution in [2.24, 2.45) is 0 Å². The number of piperidine rings is 1. The zero-order valence-electron chi connectivity index (χ0n) is 11.0. The predicted molar refractivity (Wildman–Crippen MR) is 75.3 cm³/mol. The molecule has 1 unspecified atom stereocenters. The molecular weight excluding hydrogens is 264 g/mol. The van der Waals surface area contributed by atoms with Gasteiger partial charge < -0.3 is 5.32 Å². The molecular formula is C14H17ClN2O2. The van der Waals surface area contributed by atoms with Crippen molar-refractivity contribution in [2.75, 3.05) is 5.32 Å². The molecule has 2 amide bonds. The van der Waals surface area contributed by atoms with Gasteiger partial charge in [0.25, 0.3) is 0 Å². The van der Waals surface area contributed by atoms with Gasteiger partial charge in [-0.2, -0.15) is 0 Å². The molecule has 1 aromatic rings. The Labute approximate surface area is 117 Å². The number of nitrogens with one attached hydrogen (secondary N) is 2. The first-order valence-corrected chi connectivity index (χ1v) is 6.75. The molecule has 0 radical (unpaired) electrons. The Morgan fingerprint density at radius 3 is 2.68 bits per heavy atom. The maximum absolute atomic E-state index is 11.6. The van der Waals surface area contributed by atoms with Crippen molar-refractivity contribution in [1.29, 1.82) is 0 Å². The average molecular weight is 281 g/mol. The van der Waals surface area contributed by atoms with E-state index in [-0.39, 0.29) is 17.9 Å². The van der Waals surface area contributed by atoms with Crippen LogP contribution < -0.4 is 10.6 Å². The van der Waals surface area contributed by atoms with Gasteiger partial charge in [-0.25, -0.2) is 0 Å². The Kier molecular flexibility index (Phi) is 4.10. The minimum atomic E-state index is -0.376. The zero-order valence-corrected chi connectivity index (χ0v) is 11.8. The number of anilines is 1. The molecule has 1 fully saturated rings. The summed E-state index contributed by atoms with van der Waals surface area (Å²) in [6.07, 6.45) is 0.870. The van der Waals surface area contributed by atoms with Crippen LogP contribution >= 0.6 is 11.6 Å². The number of imide groups is 1. The molecule has 102 valence electrons. The summed E-state index contributed by atoms with van der Waals surface area (Å²) in [5, 5.41) is 6.12. The second kappa shape index (κ2) is 5.61. The second-order valence-electron chi connectivity index (χ2n) is 5.04. The van der Waals surface area contributed by atoms with Crippen LogP contribution in [0.3, 0.4) is 0 Å². The Balaban J connectivity index is 2.09. The van der Waals surface area contributed by atoms with Crippen molar-refractivity contribution < 1.29 is 9.59 Å². The van der Waals surface area contributed by atoms with Crippen LogP contribution in [0.4, 0.5) is 5.69 Å². The Bertz CT molecular complexity index is 514. The van der Waals surface area contributed by atoms with Gasteiger partial charge >= 0.3 is 0 Å². The normalized spacial score (nSPS) is 19.5. The molecule has 1 atom stereocenters. The van der Waals surface area contributed by atoms with Crippen LogP contribution in [0, 0.1) is 0 Å². The number of halogens is 1. The molecule has 1 saturated heterocycles. The van der Waals surface area contributed by atoms with Gasteiger partial charge in [0.2, 0.25) is 11.8 Å². The summed E-state index contributed by atoms with van der Waals surface area (Å²) in [4.78, 5) is 22.7. The molecule has 0 bridgehead atoms. The van der Waals surface area contributed by atoms with E-state index in [2.05, 4.69) is 24.5 Å². The van der Waals surface area contributed by atoms with Gasteiger partial charge in [-0.15, -0.1) is 0 Å². The highest BCUT2D eigenvalue weighted by Gasteiger charge is 2.26. The smallest absolute Gasteiger partial charge is 0.249 e. The standard InChI is InChI=1S/C14H17ClN2O2/c1-8(2)10-4-3-9(7-11(10)15)16-12-5-6-13(18)17-14(12)19/h3-4,7-8,12,16H,5-6H2,1-2H3,(H,17,18,19). The van der Waals surface area contributed by atoms with Crippen molar-refractivity contribution in [3.05, 3.63) is 28.8 Å². The monoisotopic (exact) mass is 280 g/mol. The number of hydrogen-bond donors (Lipinski definition) is 2. The average Bonchev–Trinajstić information content (AvgIpc) is 2.32. The largest absolute Gasteiger partial charge is 0.374 e. The fourth-order valence-electron chi connectivity index (χ4n) is 2.12. The van der Waals surface area contributed by atoms with Crippen LogP contribution in [0.15, 0.2) is 18.2 Å². The molecule has 1 aromatic carbocycles. The SMILES string of the molecule is CC(C)c1ccc(NC2CCC(=O)NC2=O)cc1Cl. The lowest BCUT2D eigenvalue weighted by Gasteiger charge is -2.23. The number of carbonyl (C=O) groups excluding carboxylic acids is 2. The van der Waals surface area contributed by atoms with Crippen LogP contribution in [-0.2, 0) is 9.59 Å². The molecule has 1 aliphatic rings. The molecule has 1 heterocycles. The number of carbonyl (C=O) groups is 2. The van der Waals surface area contributed by atoms with E-state index in [0.717, 1.165) is 11.3 Å². The molecule has 2 N–H and O–H groups in total. The van der Waals surface area contributed by atoms with Gasteiger partial charge in [0.15, 0.2) is 0 Å². The third kappa shape index (κ3) is 3.26. The molecule has 1 aliphatic heterocycles. The maximum atomic E-state index is 11.6. The van der Waals surface area contributed by atoms with E-state index < -0.39 is 0 Å². The van der Waals surface area contributed by atoms with Gasteiger partial charge in [-0.3, -0.25) is 14.9 Å². The summed E-state index contributed by atoms with van der Waals surface area (Å²) in [5.74, 6) is -0.131. The van der Waals surface area contributed by atoms with Gasteiger partial charge in [0.1, 0.15) is 6.04 Å². The van der Waals surface area contributed by atoms with Crippen LogP contribution in [0.5, 0.6) is 0 Å². The number of benzene rings is 1. The van der Waals surface area contributed by atoms with E-state index in [4.69, 9.17) is 11.6 Å². The van der Waals surface area contributed by atoms with Gasteiger partial charge in [0.05, 0.1) is 0 Å². The van der Waals surface area contributed by atoms with E-state index in [1.54, 1.807) is 0 Å². The van der Waals surface area contributed by atoms with Crippen molar-refractivity contribution in [1.82, 2.24) is 5.32 Å². The minimum Gasteiger partial charge on any atom is -0.374 e. The summed E-state index contributed by atoms with van der Waals surface area (Å²) in [5.41, 5.74) is 1.87. The highest BCUT2D eigenvalue weighted by atomic mass is 35.5. The number of hydrogen-bond acceptors (Lipinski definition) is 3. The fraction of sp³-hybridized carbons (Fsp3) is 0.429. The van der Waals surface area contributed by atoms with Crippen molar-refractivity contribution in [3.63, 3.8) is 0 Å². The van der Waals surface area contributed by atoms with Crippen LogP contribution in [0.1, 0.15) is 38.2 Å². The van der Waals surface area contributed by atoms with Gasteiger partial charge in [0, 0.05) is 17.1 Å². The first-order valence-electron chi connectivity index (χ1n) is 6.37. The molecule has 4 nitrogen and oxygen atoms in total. The lowest BCUT2D eigenvalue weighted by atomic mass is 10.0. The highest BCUT2D eigenvalue weighted by molar-refractivity contribution is 6.31. The van der Waals surface area contributed by atoms with E-state index >= 15 is 0 Å². The van der Waals surface area contributed by atoms with Crippen LogP contribution in [0.2, 0.25) is 5.02 Å². The first-order chi connectivity index (χ1) is 8.97. The Morgan fingerprint density at radius 1 is 1.37 bits per heavy atom. The van der Waals surface area contributed by atoms with E-state index in [9.17, 15) is 9.59 Å². The molecule has 5 heteroatoms. The minimum absolute atomic E-state index is 0.212. The lowest BCUT2D eigenvalue weighted by Crippen LogP contribution is -2.47. The molecule has 0 aliphatic carbocycles. The van der Waals surface area contributed by atoms with Crippen molar-refractivity contribution >= 4 is 29.1 Å². The third-order valence-electron chi connectivity index (χ3n) is 3.20. The molecule has 0 spiro atoms. The maximum Gasteiger partial charge on any atom is 0.249 e. The van der Waals surface area contributed by atoms with Crippen LogP contribution in [0.25, 0.3) is 0 Å². The fourth-order valence-corrected chi connectivity index (χ4v) is 2.52. The molecule has 0 aromatic heterocycles. The molecule has 2 rings (SSSR count). The number of rotatable bonds is 3. The summed E-state index contributed by atoms with van der Waals surface area (Å²) < 4.78 is 0. The first kappa shape index (κ1) is 13.9. The molecule has 19 heavy (non-hydrogen) atoms. The highest BCUT2D eigenvalue weighted by Crippen LogP contribution is 2.27. The lowest BCUT2D eigenvalue weighted by molar-refractivity contribution is -0.133. The number of amides is 2. The quantitative estimate of drug-likeness (QED) is 0.837. The topological polar surface area (TPSA) is 58.2 Å². The summed E-state index contributed by atoms with van der Waals surface area (Å²) in [7, 11) is 0.